The Kier molecular flexibility index (Phi) is 5.95. The number of aryl methyl sites for hydroxylation is 2. The van der Waals surface area contributed by atoms with Crippen molar-refractivity contribution in [3.63, 3.8) is 0 Å². The van der Waals surface area contributed by atoms with Gasteiger partial charge in [0.05, 0.1) is 0 Å². The fourth-order valence-corrected chi connectivity index (χ4v) is 3.37. The first-order chi connectivity index (χ1) is 14.6. The summed E-state index contributed by atoms with van der Waals surface area (Å²) in [6, 6.07) is 18.9. The number of aromatic nitrogens is 3. The van der Waals surface area contributed by atoms with Crippen LogP contribution < -0.4 is 10.6 Å². The van der Waals surface area contributed by atoms with E-state index in [1.807, 2.05) is 12.1 Å². The van der Waals surface area contributed by atoms with E-state index in [-0.39, 0.29) is 6.03 Å². The highest BCUT2D eigenvalue weighted by atomic mass is 35.5. The summed E-state index contributed by atoms with van der Waals surface area (Å²) in [5.41, 5.74) is 4.66. The molecule has 0 unspecified atom stereocenters. The van der Waals surface area contributed by atoms with E-state index in [1.54, 1.807) is 30.5 Å². The minimum Gasteiger partial charge on any atom is -0.338 e. The average Bonchev–Trinajstić information content (AvgIpc) is 3.12. The van der Waals surface area contributed by atoms with E-state index in [9.17, 15) is 4.79 Å². The molecule has 2 N–H and O–H groups in total. The first-order valence-electron chi connectivity index (χ1n) is 9.79. The van der Waals surface area contributed by atoms with Gasteiger partial charge in [-0.2, -0.15) is 0 Å². The number of halogens is 1. The Morgan fingerprint density at radius 1 is 1.07 bits per heavy atom. The second kappa shape index (κ2) is 8.97. The molecule has 2 aromatic heterocycles. The minimum absolute atomic E-state index is 0.246. The Bertz CT molecular complexity index is 1150. The number of hydrogen-bond donors (Lipinski definition) is 2. The third-order valence-corrected chi connectivity index (χ3v) is 5.01. The molecule has 4 rings (SSSR count). The van der Waals surface area contributed by atoms with Crippen LogP contribution in [0.4, 0.5) is 10.5 Å². The average molecular weight is 420 g/mol. The highest BCUT2D eigenvalue weighted by Crippen LogP contribution is 2.24. The van der Waals surface area contributed by atoms with Gasteiger partial charge < -0.3 is 15.2 Å². The van der Waals surface area contributed by atoms with Crippen molar-refractivity contribution in [1.82, 2.24) is 19.9 Å². The van der Waals surface area contributed by atoms with Crippen molar-refractivity contribution in [1.29, 1.82) is 0 Å². The molecule has 2 heterocycles. The van der Waals surface area contributed by atoms with Gasteiger partial charge >= 0.3 is 6.03 Å². The third-order valence-electron chi connectivity index (χ3n) is 4.76. The van der Waals surface area contributed by atoms with Gasteiger partial charge in [-0.15, -0.1) is 0 Å². The van der Waals surface area contributed by atoms with Crippen LogP contribution in [0.5, 0.6) is 0 Å². The Morgan fingerprint density at radius 2 is 1.83 bits per heavy atom. The van der Waals surface area contributed by atoms with E-state index in [1.165, 1.54) is 5.56 Å². The van der Waals surface area contributed by atoms with Gasteiger partial charge in [0.1, 0.15) is 11.3 Å². The van der Waals surface area contributed by atoms with Gasteiger partial charge in [0, 0.05) is 35.6 Å². The number of carbonyl (C=O) groups is 1. The number of amides is 2. The number of fused-ring (bicyclic) bond motifs is 1. The van der Waals surface area contributed by atoms with Crippen LogP contribution in [-0.4, -0.2) is 27.1 Å². The molecular formula is C23H22ClN5O. The lowest BCUT2D eigenvalue weighted by Gasteiger charge is -2.11. The first kappa shape index (κ1) is 19.9. The van der Waals surface area contributed by atoms with Gasteiger partial charge in [-0.1, -0.05) is 41.4 Å². The van der Waals surface area contributed by atoms with Gasteiger partial charge in [0.2, 0.25) is 0 Å². The van der Waals surface area contributed by atoms with Crippen LogP contribution in [0, 0.1) is 6.92 Å². The molecule has 0 fully saturated rings. The van der Waals surface area contributed by atoms with Crippen molar-refractivity contribution in [3.05, 3.63) is 77.4 Å². The summed E-state index contributed by atoms with van der Waals surface area (Å²) in [4.78, 5) is 21.4. The molecule has 2 amide bonds. The molecule has 0 aliphatic carbocycles. The summed E-state index contributed by atoms with van der Waals surface area (Å²) in [6.45, 7) is 3.28. The summed E-state index contributed by atoms with van der Waals surface area (Å²) < 4.78 is 2.11. The van der Waals surface area contributed by atoms with Gasteiger partial charge in [-0.25, -0.2) is 14.8 Å². The number of nitrogens with zero attached hydrogens (tertiary/aromatic N) is 3. The lowest BCUT2D eigenvalue weighted by molar-refractivity contribution is 0.252. The van der Waals surface area contributed by atoms with E-state index in [0.29, 0.717) is 23.8 Å². The first-order valence-corrected chi connectivity index (χ1v) is 10.2. The van der Waals surface area contributed by atoms with E-state index < -0.39 is 0 Å². The molecule has 0 spiro atoms. The molecule has 30 heavy (non-hydrogen) atoms. The molecule has 0 radical (unpaired) electrons. The molecule has 2 aromatic carbocycles. The Morgan fingerprint density at radius 3 is 2.60 bits per heavy atom. The number of pyridine rings is 1. The van der Waals surface area contributed by atoms with Crippen LogP contribution in [0.15, 0.2) is 66.9 Å². The number of benzene rings is 2. The quantitative estimate of drug-likeness (QED) is 0.418. The maximum atomic E-state index is 12.1. The number of imidazole rings is 1. The number of rotatable bonds is 6. The number of carbonyl (C=O) groups excluding carboxylic acids is 1. The van der Waals surface area contributed by atoms with Crippen LogP contribution >= 0.6 is 11.6 Å². The molecule has 0 atom stereocenters. The van der Waals surface area contributed by atoms with Crippen molar-refractivity contribution in [2.75, 3.05) is 11.9 Å². The lowest BCUT2D eigenvalue weighted by Crippen LogP contribution is -2.30. The fourth-order valence-electron chi connectivity index (χ4n) is 3.24. The second-order valence-corrected chi connectivity index (χ2v) is 7.48. The van der Waals surface area contributed by atoms with Crippen molar-refractivity contribution in [2.45, 2.75) is 19.9 Å². The molecule has 7 heteroatoms. The molecule has 152 valence electrons. The van der Waals surface area contributed by atoms with Crippen LogP contribution in [0.2, 0.25) is 5.02 Å². The molecule has 4 aromatic rings. The monoisotopic (exact) mass is 419 g/mol. The standard InChI is InChI=1S/C23H22ClN5O/c1-16-5-7-17(8-6-16)21-28-20-4-2-13-25-22(20)29(21)15-3-14-26-23(30)27-19-11-9-18(24)10-12-19/h2,4-13H,3,14-15H2,1H3,(H2,26,27,30). The van der Waals surface area contributed by atoms with Crippen molar-refractivity contribution < 1.29 is 4.79 Å². The largest absolute Gasteiger partial charge is 0.338 e. The minimum atomic E-state index is -0.246. The van der Waals surface area contributed by atoms with Crippen molar-refractivity contribution >= 4 is 34.5 Å². The maximum Gasteiger partial charge on any atom is 0.319 e. The van der Waals surface area contributed by atoms with Crippen LogP contribution in [-0.2, 0) is 6.54 Å². The van der Waals surface area contributed by atoms with E-state index >= 15 is 0 Å². The summed E-state index contributed by atoms with van der Waals surface area (Å²) in [5, 5.41) is 6.31. The molecule has 0 saturated heterocycles. The van der Waals surface area contributed by atoms with Crippen molar-refractivity contribution in [3.8, 4) is 11.4 Å². The van der Waals surface area contributed by atoms with Gasteiger partial charge in [0.25, 0.3) is 0 Å². The molecule has 0 aliphatic rings. The zero-order chi connectivity index (χ0) is 20.9. The van der Waals surface area contributed by atoms with Crippen LogP contribution in [0.1, 0.15) is 12.0 Å². The van der Waals surface area contributed by atoms with Crippen LogP contribution in [0.25, 0.3) is 22.6 Å². The third kappa shape index (κ3) is 4.60. The highest BCUT2D eigenvalue weighted by Gasteiger charge is 2.13. The topological polar surface area (TPSA) is 71.8 Å². The molecular weight excluding hydrogens is 398 g/mol. The molecule has 0 aliphatic heterocycles. The summed E-state index contributed by atoms with van der Waals surface area (Å²) in [7, 11) is 0. The number of urea groups is 1. The summed E-state index contributed by atoms with van der Waals surface area (Å²) in [5.74, 6) is 0.884. The molecule has 6 nitrogen and oxygen atoms in total. The Balaban J connectivity index is 1.42. The smallest absolute Gasteiger partial charge is 0.319 e. The van der Waals surface area contributed by atoms with Gasteiger partial charge in [0.15, 0.2) is 5.65 Å². The maximum absolute atomic E-state index is 12.1. The summed E-state index contributed by atoms with van der Waals surface area (Å²) in [6.07, 6.45) is 2.52. The number of nitrogens with one attached hydrogen (secondary N) is 2. The van der Waals surface area contributed by atoms with Crippen LogP contribution in [0.3, 0.4) is 0 Å². The van der Waals surface area contributed by atoms with Crippen molar-refractivity contribution in [2.24, 2.45) is 0 Å². The zero-order valence-corrected chi connectivity index (χ0v) is 17.4. The zero-order valence-electron chi connectivity index (χ0n) is 16.6. The molecule has 0 bridgehead atoms. The molecule has 0 saturated carbocycles. The fraction of sp³-hybridized carbons (Fsp3) is 0.174. The number of anilines is 1. The highest BCUT2D eigenvalue weighted by molar-refractivity contribution is 6.30. The predicted octanol–water partition coefficient (Wildman–Crippen LogP) is 5.27. The second-order valence-electron chi connectivity index (χ2n) is 7.04. The van der Waals surface area contributed by atoms with Gasteiger partial charge in [-0.3, -0.25) is 0 Å². The SMILES string of the molecule is Cc1ccc(-c2nc3cccnc3n2CCCNC(=O)Nc2ccc(Cl)cc2)cc1. The lowest BCUT2D eigenvalue weighted by atomic mass is 10.1. The Hall–Kier alpha value is -3.38. The van der Waals surface area contributed by atoms with Gasteiger partial charge in [-0.05, 0) is 49.7 Å². The number of hydrogen-bond acceptors (Lipinski definition) is 3. The normalized spacial score (nSPS) is 10.9. The van der Waals surface area contributed by atoms with E-state index in [2.05, 4.69) is 51.4 Å². The van der Waals surface area contributed by atoms with E-state index in [4.69, 9.17) is 16.6 Å². The van der Waals surface area contributed by atoms with E-state index in [0.717, 1.165) is 29.0 Å². The Labute approximate surface area is 179 Å². The predicted molar refractivity (Wildman–Crippen MR) is 121 cm³/mol. The summed E-state index contributed by atoms with van der Waals surface area (Å²) >= 11 is 5.86.